The van der Waals surface area contributed by atoms with E-state index in [1.165, 1.54) is 0 Å². The molecular weight excluding hydrogens is 374 g/mol. The van der Waals surface area contributed by atoms with Gasteiger partial charge in [-0.3, -0.25) is 9.20 Å². The van der Waals surface area contributed by atoms with E-state index in [1.807, 2.05) is 20.8 Å². The molecule has 8 heteroatoms. The molecule has 0 saturated heterocycles. The Morgan fingerprint density at radius 1 is 1.21 bits per heavy atom. The minimum Gasteiger partial charge on any atom is -0.483 e. The first-order chi connectivity index (χ1) is 13.3. The number of aliphatic imine (C=N–C) groups is 1. The summed E-state index contributed by atoms with van der Waals surface area (Å²) in [6.45, 7) is 11.7. The second-order valence-corrected chi connectivity index (χ2v) is 8.06. The Morgan fingerprint density at radius 3 is 2.36 bits per heavy atom. The molecular formula is C20H31N5O2S. The molecule has 0 amide bonds. The summed E-state index contributed by atoms with van der Waals surface area (Å²) in [7, 11) is 0.354. The van der Waals surface area contributed by atoms with Crippen LogP contribution in [0.5, 0.6) is 0 Å². The average molecular weight is 406 g/mol. The molecule has 0 saturated carbocycles. The summed E-state index contributed by atoms with van der Waals surface area (Å²) in [5.74, 6) is 1.69. The van der Waals surface area contributed by atoms with Crippen LogP contribution in [-0.4, -0.2) is 44.9 Å². The van der Waals surface area contributed by atoms with Crippen LogP contribution in [0.2, 0.25) is 0 Å². The van der Waals surface area contributed by atoms with Crippen molar-refractivity contribution in [2.75, 3.05) is 12.9 Å². The van der Waals surface area contributed by atoms with Crippen molar-refractivity contribution in [2.45, 2.75) is 54.0 Å². The predicted molar refractivity (Wildman–Crippen MR) is 117 cm³/mol. The van der Waals surface area contributed by atoms with E-state index in [4.69, 9.17) is 4.74 Å². The summed E-state index contributed by atoms with van der Waals surface area (Å²) in [6, 6.07) is 1.52. The topological polar surface area (TPSA) is 89.2 Å². The van der Waals surface area contributed by atoms with Crippen LogP contribution in [0.1, 0.15) is 59.8 Å². The van der Waals surface area contributed by atoms with Crippen molar-refractivity contribution >= 4 is 28.6 Å². The van der Waals surface area contributed by atoms with Crippen molar-refractivity contribution in [1.82, 2.24) is 9.97 Å². The second kappa shape index (κ2) is 12.3. The molecule has 0 N–H and O–H groups in total. The lowest BCUT2D eigenvalue weighted by Crippen LogP contribution is -2.16. The third kappa shape index (κ3) is 7.07. The van der Waals surface area contributed by atoms with Gasteiger partial charge in [0, 0.05) is 31.3 Å². The average Bonchev–Trinajstić information content (AvgIpc) is 2.71. The first kappa shape index (κ1) is 23.8. The van der Waals surface area contributed by atoms with Gasteiger partial charge in [-0.2, -0.15) is 5.10 Å². The van der Waals surface area contributed by atoms with Gasteiger partial charge in [0.2, 0.25) is 5.90 Å². The van der Waals surface area contributed by atoms with E-state index >= 15 is 0 Å². The van der Waals surface area contributed by atoms with Gasteiger partial charge in [0.15, 0.2) is 5.82 Å². The SMILES string of the molecule is CCC(=N\N=C(/C)OC)/C(=C(/C=NC(C)c1ncccn1)S(=O)CC)C(C)C. The fraction of sp³-hybridized carbons (Fsp3) is 0.550. The lowest BCUT2D eigenvalue weighted by atomic mass is 9.96. The van der Waals surface area contributed by atoms with Crippen LogP contribution < -0.4 is 0 Å². The predicted octanol–water partition coefficient (Wildman–Crippen LogP) is 4.12. The zero-order valence-corrected chi connectivity index (χ0v) is 18.7. The van der Waals surface area contributed by atoms with Gasteiger partial charge in [-0.25, -0.2) is 9.97 Å². The van der Waals surface area contributed by atoms with Gasteiger partial charge in [0.05, 0.1) is 28.5 Å². The van der Waals surface area contributed by atoms with Crippen molar-refractivity contribution in [1.29, 1.82) is 0 Å². The number of hydrogen-bond acceptors (Lipinski definition) is 7. The summed E-state index contributed by atoms with van der Waals surface area (Å²) in [6.07, 6.45) is 5.72. The summed E-state index contributed by atoms with van der Waals surface area (Å²) < 4.78 is 17.9. The minimum atomic E-state index is -1.20. The first-order valence-corrected chi connectivity index (χ1v) is 10.8. The van der Waals surface area contributed by atoms with E-state index in [-0.39, 0.29) is 12.0 Å². The second-order valence-electron chi connectivity index (χ2n) is 6.35. The van der Waals surface area contributed by atoms with Gasteiger partial charge in [-0.15, -0.1) is 5.10 Å². The highest BCUT2D eigenvalue weighted by atomic mass is 32.2. The van der Waals surface area contributed by atoms with E-state index in [0.717, 1.165) is 11.3 Å². The fourth-order valence-corrected chi connectivity index (χ4v) is 3.51. The maximum absolute atomic E-state index is 12.8. The van der Waals surface area contributed by atoms with Gasteiger partial charge in [-0.05, 0) is 30.9 Å². The van der Waals surface area contributed by atoms with Gasteiger partial charge >= 0.3 is 0 Å². The Balaban J connectivity index is 3.46. The molecule has 0 aliphatic carbocycles. The highest BCUT2D eigenvalue weighted by molar-refractivity contribution is 7.89. The van der Waals surface area contributed by atoms with Crippen molar-refractivity contribution in [3.05, 3.63) is 34.8 Å². The minimum absolute atomic E-state index is 0.108. The fourth-order valence-electron chi connectivity index (χ4n) is 2.43. The number of rotatable bonds is 9. The molecule has 154 valence electrons. The van der Waals surface area contributed by atoms with Crippen molar-refractivity contribution < 1.29 is 8.95 Å². The summed E-state index contributed by atoms with van der Waals surface area (Å²) in [4.78, 5) is 13.7. The molecule has 1 heterocycles. The molecule has 1 rings (SSSR count). The van der Waals surface area contributed by atoms with E-state index < -0.39 is 10.8 Å². The molecule has 0 fully saturated rings. The zero-order chi connectivity index (χ0) is 21.1. The van der Waals surface area contributed by atoms with E-state index in [1.54, 1.807) is 38.7 Å². The molecule has 1 aromatic heterocycles. The molecule has 0 aliphatic rings. The molecule has 1 aromatic rings. The molecule has 2 atom stereocenters. The molecule has 28 heavy (non-hydrogen) atoms. The number of methoxy groups -OCH3 is 1. The van der Waals surface area contributed by atoms with E-state index in [9.17, 15) is 4.21 Å². The maximum Gasteiger partial charge on any atom is 0.205 e. The standard InChI is InChI=1S/C20H31N5O2S/c1-8-17(25-24-16(6)27-7)19(14(3)4)18(28(26)9-2)13-23-15(5)20-21-11-10-12-22-20/h10-15H,8-9H2,1-7H3/b19-18-,23-13?,24-16+,25-17+. The van der Waals surface area contributed by atoms with Gasteiger partial charge in [0.1, 0.15) is 6.04 Å². The van der Waals surface area contributed by atoms with Crippen LogP contribution in [0, 0.1) is 5.92 Å². The largest absolute Gasteiger partial charge is 0.483 e. The quantitative estimate of drug-likeness (QED) is 0.351. The van der Waals surface area contributed by atoms with Crippen LogP contribution in [-0.2, 0) is 15.5 Å². The van der Waals surface area contributed by atoms with Crippen molar-refractivity contribution in [3.8, 4) is 0 Å². The Hall–Kier alpha value is -2.22. The summed E-state index contributed by atoms with van der Waals surface area (Å²) in [5, 5.41) is 8.47. The molecule has 0 bridgehead atoms. The summed E-state index contributed by atoms with van der Waals surface area (Å²) >= 11 is 0. The molecule has 0 radical (unpaired) electrons. The highest BCUT2D eigenvalue weighted by Gasteiger charge is 2.19. The monoisotopic (exact) mass is 405 g/mol. The Bertz CT molecular complexity index is 770. The van der Waals surface area contributed by atoms with Crippen LogP contribution in [0.4, 0.5) is 0 Å². The molecule has 0 aliphatic heterocycles. The van der Waals surface area contributed by atoms with Crippen LogP contribution in [0.25, 0.3) is 0 Å². The molecule has 7 nitrogen and oxygen atoms in total. The Morgan fingerprint density at radius 2 is 1.86 bits per heavy atom. The van der Waals surface area contributed by atoms with E-state index in [2.05, 4.69) is 39.0 Å². The third-order valence-electron chi connectivity index (χ3n) is 3.98. The number of hydrogen-bond donors (Lipinski definition) is 0. The molecule has 0 spiro atoms. The van der Waals surface area contributed by atoms with Gasteiger partial charge < -0.3 is 4.74 Å². The number of nitrogens with zero attached hydrogens (tertiary/aromatic N) is 5. The zero-order valence-electron chi connectivity index (χ0n) is 17.8. The van der Waals surface area contributed by atoms with Gasteiger partial charge in [-0.1, -0.05) is 27.7 Å². The lowest BCUT2D eigenvalue weighted by molar-refractivity contribution is 0.398. The lowest BCUT2D eigenvalue weighted by Gasteiger charge is -2.17. The van der Waals surface area contributed by atoms with Crippen molar-refractivity contribution in [2.24, 2.45) is 21.1 Å². The van der Waals surface area contributed by atoms with Crippen LogP contribution >= 0.6 is 0 Å². The highest BCUT2D eigenvalue weighted by Crippen LogP contribution is 2.22. The number of allylic oxidation sites excluding steroid dienone is 2. The van der Waals surface area contributed by atoms with Crippen LogP contribution in [0.15, 0.2) is 44.1 Å². The molecule has 2 unspecified atom stereocenters. The first-order valence-electron chi connectivity index (χ1n) is 9.43. The summed E-state index contributed by atoms with van der Waals surface area (Å²) in [5.41, 5.74) is 1.68. The Kier molecular flexibility index (Phi) is 10.4. The normalized spacial score (nSPS) is 16.3. The Labute approximate surface area is 170 Å². The van der Waals surface area contributed by atoms with E-state index in [0.29, 0.717) is 28.8 Å². The van der Waals surface area contributed by atoms with Gasteiger partial charge in [0.25, 0.3) is 0 Å². The molecule has 0 aromatic carbocycles. The van der Waals surface area contributed by atoms with Crippen LogP contribution in [0.3, 0.4) is 0 Å². The number of aromatic nitrogens is 2. The maximum atomic E-state index is 12.8. The smallest absolute Gasteiger partial charge is 0.205 e. The number of ether oxygens (including phenoxy) is 1. The third-order valence-corrected chi connectivity index (χ3v) is 5.32. The van der Waals surface area contributed by atoms with Crippen molar-refractivity contribution in [3.63, 3.8) is 0 Å².